The minimum atomic E-state index is -4.40. The molecule has 0 aromatic carbocycles. The molecule has 0 fully saturated rings. The number of halogens is 3. The molecule has 0 saturated carbocycles. The van der Waals surface area contributed by atoms with Crippen molar-refractivity contribution in [2.24, 2.45) is 7.05 Å². The van der Waals surface area contributed by atoms with Crippen molar-refractivity contribution < 1.29 is 18.0 Å². The molecule has 1 rings (SSSR count). The number of alkyl halides is 3. The van der Waals surface area contributed by atoms with Crippen LogP contribution in [0.15, 0.2) is 6.20 Å². The number of amides is 2. The molecule has 1 aromatic rings. The number of carbonyl (C=O) groups excluding carboxylic acids is 1. The van der Waals surface area contributed by atoms with Crippen LogP contribution in [0.2, 0.25) is 0 Å². The fourth-order valence-electron chi connectivity index (χ4n) is 1.45. The lowest BCUT2D eigenvalue weighted by Crippen LogP contribution is -2.40. The molecule has 102 valence electrons. The van der Waals surface area contributed by atoms with Crippen molar-refractivity contribution in [3.8, 4) is 0 Å². The van der Waals surface area contributed by atoms with E-state index in [1.165, 1.54) is 0 Å². The van der Waals surface area contributed by atoms with Crippen LogP contribution in [-0.2, 0) is 20.0 Å². The molecule has 0 bridgehead atoms. The fourth-order valence-corrected chi connectivity index (χ4v) is 1.45. The number of carbonyl (C=O) groups is 1. The van der Waals surface area contributed by atoms with Crippen molar-refractivity contribution in [3.63, 3.8) is 0 Å². The first kappa shape index (κ1) is 14.3. The molecule has 0 unspecified atom stereocenters. The van der Waals surface area contributed by atoms with Gasteiger partial charge in [-0.3, -0.25) is 4.68 Å². The normalized spacial score (nSPS) is 11.4. The Bertz CT molecular complexity index is 414. The van der Waals surface area contributed by atoms with Crippen molar-refractivity contribution in [2.45, 2.75) is 26.1 Å². The standard InChI is InChI=1S/C10H15F3N4O/c1-3-8-7(5-17(2)16-8)4-14-9(18)15-6-10(11,12)13/h5H,3-4,6H2,1-2H3,(H2,14,15,18). The summed E-state index contributed by atoms with van der Waals surface area (Å²) in [6.07, 6.45) is -1.98. The van der Waals surface area contributed by atoms with E-state index in [-0.39, 0.29) is 6.54 Å². The zero-order valence-electron chi connectivity index (χ0n) is 10.1. The summed E-state index contributed by atoms with van der Waals surface area (Å²) in [6, 6.07) is -0.849. The first-order valence-corrected chi connectivity index (χ1v) is 5.41. The van der Waals surface area contributed by atoms with Gasteiger partial charge in [0.15, 0.2) is 0 Å². The Morgan fingerprint density at radius 2 is 2.11 bits per heavy atom. The minimum Gasteiger partial charge on any atom is -0.334 e. The number of urea groups is 1. The van der Waals surface area contributed by atoms with Gasteiger partial charge in [0.25, 0.3) is 0 Å². The molecule has 0 saturated heterocycles. The highest BCUT2D eigenvalue weighted by Crippen LogP contribution is 2.12. The van der Waals surface area contributed by atoms with Crippen LogP contribution in [0.1, 0.15) is 18.2 Å². The highest BCUT2D eigenvalue weighted by molar-refractivity contribution is 5.73. The van der Waals surface area contributed by atoms with Crippen molar-refractivity contribution in [1.82, 2.24) is 20.4 Å². The molecule has 0 aliphatic rings. The summed E-state index contributed by atoms with van der Waals surface area (Å²) in [5.74, 6) is 0. The highest BCUT2D eigenvalue weighted by atomic mass is 19.4. The molecule has 0 atom stereocenters. The SMILES string of the molecule is CCc1nn(C)cc1CNC(=O)NCC(F)(F)F. The number of aryl methyl sites for hydroxylation is 2. The highest BCUT2D eigenvalue weighted by Gasteiger charge is 2.27. The van der Waals surface area contributed by atoms with Crippen LogP contribution in [0.4, 0.5) is 18.0 Å². The van der Waals surface area contributed by atoms with Crippen LogP contribution in [0, 0.1) is 0 Å². The van der Waals surface area contributed by atoms with Gasteiger partial charge in [0, 0.05) is 25.4 Å². The van der Waals surface area contributed by atoms with Crippen LogP contribution in [0.5, 0.6) is 0 Å². The Balaban J connectivity index is 2.42. The summed E-state index contributed by atoms with van der Waals surface area (Å²) in [7, 11) is 1.74. The number of aromatic nitrogens is 2. The lowest BCUT2D eigenvalue weighted by Gasteiger charge is -2.09. The number of hydrogen-bond acceptors (Lipinski definition) is 2. The Labute approximate surface area is 102 Å². The molecule has 1 aromatic heterocycles. The molecule has 5 nitrogen and oxygen atoms in total. The Morgan fingerprint density at radius 3 is 2.67 bits per heavy atom. The predicted octanol–water partition coefficient (Wildman–Crippen LogP) is 1.34. The molecule has 2 amide bonds. The first-order chi connectivity index (χ1) is 8.31. The van der Waals surface area contributed by atoms with Gasteiger partial charge in [0.05, 0.1) is 5.69 Å². The van der Waals surface area contributed by atoms with Crippen molar-refractivity contribution in [3.05, 3.63) is 17.5 Å². The summed E-state index contributed by atoms with van der Waals surface area (Å²) in [5, 5.41) is 8.25. The largest absolute Gasteiger partial charge is 0.405 e. The monoisotopic (exact) mass is 264 g/mol. The maximum atomic E-state index is 11.8. The molecular weight excluding hydrogens is 249 g/mol. The van der Waals surface area contributed by atoms with E-state index in [0.717, 1.165) is 11.3 Å². The zero-order valence-corrected chi connectivity index (χ0v) is 10.1. The third-order valence-corrected chi connectivity index (χ3v) is 2.22. The van der Waals surface area contributed by atoms with Crippen molar-refractivity contribution in [2.75, 3.05) is 6.54 Å². The van der Waals surface area contributed by atoms with Gasteiger partial charge in [-0.1, -0.05) is 6.92 Å². The summed E-state index contributed by atoms with van der Waals surface area (Å²) in [6.45, 7) is 0.725. The topological polar surface area (TPSA) is 59.0 Å². The third kappa shape index (κ3) is 4.64. The van der Waals surface area contributed by atoms with E-state index in [9.17, 15) is 18.0 Å². The second-order valence-electron chi connectivity index (χ2n) is 3.78. The molecule has 0 spiro atoms. The molecule has 0 aliphatic heterocycles. The van der Waals surface area contributed by atoms with Gasteiger partial charge in [0.1, 0.15) is 6.54 Å². The molecular formula is C10H15F3N4O. The van der Waals surface area contributed by atoms with E-state index in [2.05, 4.69) is 10.4 Å². The first-order valence-electron chi connectivity index (χ1n) is 5.41. The number of nitrogens with one attached hydrogen (secondary N) is 2. The number of hydrogen-bond donors (Lipinski definition) is 2. The maximum Gasteiger partial charge on any atom is 0.405 e. The van der Waals surface area contributed by atoms with E-state index in [1.807, 2.05) is 6.92 Å². The maximum absolute atomic E-state index is 11.8. The molecule has 0 aliphatic carbocycles. The van der Waals surface area contributed by atoms with E-state index < -0.39 is 18.8 Å². The summed E-state index contributed by atoms with van der Waals surface area (Å²) >= 11 is 0. The molecule has 8 heteroatoms. The van der Waals surface area contributed by atoms with Crippen molar-refractivity contribution >= 4 is 6.03 Å². The number of nitrogens with zero attached hydrogens (tertiary/aromatic N) is 2. The smallest absolute Gasteiger partial charge is 0.334 e. The average Bonchev–Trinajstić information content (AvgIpc) is 2.63. The minimum absolute atomic E-state index is 0.153. The van der Waals surface area contributed by atoms with Gasteiger partial charge in [-0.05, 0) is 6.42 Å². The van der Waals surface area contributed by atoms with Gasteiger partial charge in [-0.25, -0.2) is 4.79 Å². The second kappa shape index (κ2) is 5.74. The van der Waals surface area contributed by atoms with Gasteiger partial charge in [0.2, 0.25) is 0 Å². The van der Waals surface area contributed by atoms with Crippen LogP contribution in [0.25, 0.3) is 0 Å². The van der Waals surface area contributed by atoms with Gasteiger partial charge in [-0.15, -0.1) is 0 Å². The number of rotatable bonds is 4. The van der Waals surface area contributed by atoms with E-state index in [4.69, 9.17) is 0 Å². The Morgan fingerprint density at radius 1 is 1.44 bits per heavy atom. The molecule has 2 N–H and O–H groups in total. The molecule has 0 radical (unpaired) electrons. The van der Waals surface area contributed by atoms with Crippen molar-refractivity contribution in [1.29, 1.82) is 0 Å². The lowest BCUT2D eigenvalue weighted by atomic mass is 10.2. The van der Waals surface area contributed by atoms with E-state index >= 15 is 0 Å². The summed E-state index contributed by atoms with van der Waals surface area (Å²) < 4.78 is 37.1. The lowest BCUT2D eigenvalue weighted by molar-refractivity contribution is -0.122. The summed E-state index contributed by atoms with van der Waals surface area (Å²) in [4.78, 5) is 11.1. The second-order valence-corrected chi connectivity index (χ2v) is 3.78. The quantitative estimate of drug-likeness (QED) is 0.862. The van der Waals surface area contributed by atoms with Crippen LogP contribution >= 0.6 is 0 Å². The zero-order chi connectivity index (χ0) is 13.8. The van der Waals surface area contributed by atoms with Crippen LogP contribution in [-0.4, -0.2) is 28.5 Å². The Kier molecular flexibility index (Phi) is 4.57. The van der Waals surface area contributed by atoms with E-state index in [1.54, 1.807) is 23.2 Å². The van der Waals surface area contributed by atoms with Crippen LogP contribution in [0.3, 0.4) is 0 Å². The Hall–Kier alpha value is -1.73. The third-order valence-electron chi connectivity index (χ3n) is 2.22. The van der Waals surface area contributed by atoms with Gasteiger partial charge >= 0.3 is 12.2 Å². The molecule has 18 heavy (non-hydrogen) atoms. The van der Waals surface area contributed by atoms with E-state index in [0.29, 0.717) is 6.42 Å². The van der Waals surface area contributed by atoms with Crippen LogP contribution < -0.4 is 10.6 Å². The van der Waals surface area contributed by atoms with Gasteiger partial charge < -0.3 is 10.6 Å². The average molecular weight is 264 g/mol. The predicted molar refractivity (Wildman–Crippen MR) is 58.9 cm³/mol. The fraction of sp³-hybridized carbons (Fsp3) is 0.600. The molecule has 1 heterocycles. The van der Waals surface area contributed by atoms with Gasteiger partial charge in [-0.2, -0.15) is 18.3 Å². The summed E-state index contributed by atoms with van der Waals surface area (Å²) in [5.41, 5.74) is 1.61.